The van der Waals surface area contributed by atoms with Crippen molar-refractivity contribution in [1.82, 2.24) is 0 Å². The van der Waals surface area contributed by atoms with Crippen molar-refractivity contribution in [3.05, 3.63) is 35.9 Å². The van der Waals surface area contributed by atoms with Crippen LogP contribution in [-0.2, 0) is 4.74 Å². The van der Waals surface area contributed by atoms with Gasteiger partial charge in [-0.15, -0.1) is 0 Å². The van der Waals surface area contributed by atoms with Crippen LogP contribution >= 0.6 is 0 Å². The van der Waals surface area contributed by atoms with E-state index in [0.29, 0.717) is 0 Å². The standard InChI is InChI=1S/C13H18O2/c1-6-11-8-7-9-12(10(11)2)15-13(3,4)14-5/h6-9H,1H2,2-5H3. The molecule has 0 aliphatic heterocycles. The zero-order chi connectivity index (χ0) is 11.5. The fourth-order valence-corrected chi connectivity index (χ4v) is 1.27. The first kappa shape index (κ1) is 11.8. The maximum absolute atomic E-state index is 5.75. The molecule has 82 valence electrons. The highest BCUT2D eigenvalue weighted by molar-refractivity contribution is 5.55. The molecule has 0 saturated carbocycles. The van der Waals surface area contributed by atoms with Crippen molar-refractivity contribution in [1.29, 1.82) is 0 Å². The van der Waals surface area contributed by atoms with Gasteiger partial charge in [-0.1, -0.05) is 24.8 Å². The molecule has 1 aromatic carbocycles. The summed E-state index contributed by atoms with van der Waals surface area (Å²) in [5, 5.41) is 0. The minimum Gasteiger partial charge on any atom is -0.463 e. The molecule has 0 aromatic heterocycles. The Hall–Kier alpha value is -1.28. The van der Waals surface area contributed by atoms with E-state index in [-0.39, 0.29) is 0 Å². The van der Waals surface area contributed by atoms with E-state index in [1.165, 1.54) is 0 Å². The van der Waals surface area contributed by atoms with Gasteiger partial charge >= 0.3 is 0 Å². The van der Waals surface area contributed by atoms with Gasteiger partial charge in [0.1, 0.15) is 5.75 Å². The quantitative estimate of drug-likeness (QED) is 0.703. The molecule has 1 aromatic rings. The van der Waals surface area contributed by atoms with Gasteiger partial charge < -0.3 is 9.47 Å². The van der Waals surface area contributed by atoms with Crippen LogP contribution < -0.4 is 4.74 Å². The third-order valence-corrected chi connectivity index (χ3v) is 2.39. The average Bonchev–Trinajstić information content (AvgIpc) is 2.21. The Balaban J connectivity index is 3.00. The lowest BCUT2D eigenvalue weighted by Gasteiger charge is -2.25. The minimum absolute atomic E-state index is 0.607. The predicted octanol–water partition coefficient (Wildman–Crippen LogP) is 3.40. The number of hydrogen-bond acceptors (Lipinski definition) is 2. The zero-order valence-electron chi connectivity index (χ0n) is 9.83. The maximum Gasteiger partial charge on any atom is 0.204 e. The second-order valence-corrected chi connectivity index (χ2v) is 3.88. The third kappa shape index (κ3) is 2.83. The SMILES string of the molecule is C=Cc1cccc(OC(C)(C)OC)c1C. The molecule has 15 heavy (non-hydrogen) atoms. The monoisotopic (exact) mass is 206 g/mol. The Bertz CT molecular complexity index is 354. The van der Waals surface area contributed by atoms with Crippen LogP contribution in [0.4, 0.5) is 0 Å². The van der Waals surface area contributed by atoms with Crippen molar-refractivity contribution in [2.24, 2.45) is 0 Å². The summed E-state index contributed by atoms with van der Waals surface area (Å²) in [6, 6.07) is 5.89. The van der Waals surface area contributed by atoms with Gasteiger partial charge in [-0.05, 0) is 24.1 Å². The Morgan fingerprint density at radius 1 is 1.33 bits per heavy atom. The molecule has 0 radical (unpaired) electrons. The van der Waals surface area contributed by atoms with Crippen LogP contribution in [0.3, 0.4) is 0 Å². The summed E-state index contributed by atoms with van der Waals surface area (Å²) in [7, 11) is 1.63. The second kappa shape index (κ2) is 4.49. The molecule has 0 fully saturated rings. The molecule has 2 heteroatoms. The molecule has 0 aliphatic carbocycles. The molecule has 0 spiro atoms. The molecule has 0 atom stereocenters. The summed E-state index contributed by atoms with van der Waals surface area (Å²) >= 11 is 0. The Labute approximate surface area is 91.5 Å². The van der Waals surface area contributed by atoms with Gasteiger partial charge in [0.05, 0.1) is 0 Å². The summed E-state index contributed by atoms with van der Waals surface area (Å²) in [4.78, 5) is 0. The lowest BCUT2D eigenvalue weighted by molar-refractivity contribution is -0.134. The zero-order valence-corrected chi connectivity index (χ0v) is 9.83. The molecule has 0 amide bonds. The molecular formula is C13H18O2. The van der Waals surface area contributed by atoms with E-state index in [4.69, 9.17) is 9.47 Å². The molecular weight excluding hydrogens is 188 g/mol. The van der Waals surface area contributed by atoms with E-state index in [1.807, 2.05) is 45.0 Å². The van der Waals surface area contributed by atoms with Crippen molar-refractivity contribution >= 4 is 6.08 Å². The van der Waals surface area contributed by atoms with Crippen LogP contribution in [-0.4, -0.2) is 12.9 Å². The lowest BCUT2D eigenvalue weighted by atomic mass is 10.1. The molecule has 0 bridgehead atoms. The number of rotatable bonds is 4. The highest BCUT2D eigenvalue weighted by atomic mass is 16.7. The van der Waals surface area contributed by atoms with E-state index in [2.05, 4.69) is 6.58 Å². The first-order chi connectivity index (χ1) is 7.00. The van der Waals surface area contributed by atoms with Gasteiger partial charge in [0.2, 0.25) is 5.79 Å². The Kier molecular flexibility index (Phi) is 3.53. The summed E-state index contributed by atoms with van der Waals surface area (Å²) in [6.45, 7) is 9.54. The molecule has 0 N–H and O–H groups in total. The van der Waals surface area contributed by atoms with Crippen LogP contribution in [0.5, 0.6) is 5.75 Å². The predicted molar refractivity (Wildman–Crippen MR) is 63.0 cm³/mol. The topological polar surface area (TPSA) is 18.5 Å². The van der Waals surface area contributed by atoms with Crippen LogP contribution in [0.1, 0.15) is 25.0 Å². The van der Waals surface area contributed by atoms with Crippen LogP contribution in [0, 0.1) is 6.92 Å². The Morgan fingerprint density at radius 2 is 2.00 bits per heavy atom. The molecule has 0 heterocycles. The summed E-state index contributed by atoms with van der Waals surface area (Å²) in [6.07, 6.45) is 1.82. The van der Waals surface area contributed by atoms with Gasteiger partial charge in [0, 0.05) is 21.0 Å². The highest BCUT2D eigenvalue weighted by Crippen LogP contribution is 2.26. The van der Waals surface area contributed by atoms with Crippen LogP contribution in [0.25, 0.3) is 6.08 Å². The van der Waals surface area contributed by atoms with Crippen LogP contribution in [0.15, 0.2) is 24.8 Å². The molecule has 2 nitrogen and oxygen atoms in total. The maximum atomic E-state index is 5.75. The van der Waals surface area contributed by atoms with Gasteiger partial charge in [-0.2, -0.15) is 0 Å². The van der Waals surface area contributed by atoms with E-state index in [9.17, 15) is 0 Å². The number of hydrogen-bond donors (Lipinski definition) is 0. The molecule has 0 saturated heterocycles. The fraction of sp³-hybridized carbons (Fsp3) is 0.385. The molecule has 0 aliphatic rings. The van der Waals surface area contributed by atoms with E-state index in [1.54, 1.807) is 7.11 Å². The van der Waals surface area contributed by atoms with Crippen molar-refractivity contribution < 1.29 is 9.47 Å². The van der Waals surface area contributed by atoms with Crippen molar-refractivity contribution in [2.45, 2.75) is 26.6 Å². The number of ether oxygens (including phenoxy) is 2. The largest absolute Gasteiger partial charge is 0.463 e. The fourth-order valence-electron chi connectivity index (χ4n) is 1.27. The van der Waals surface area contributed by atoms with Crippen molar-refractivity contribution in [3.63, 3.8) is 0 Å². The Morgan fingerprint density at radius 3 is 2.53 bits per heavy atom. The van der Waals surface area contributed by atoms with E-state index in [0.717, 1.165) is 16.9 Å². The normalized spacial score (nSPS) is 11.2. The van der Waals surface area contributed by atoms with Gasteiger partial charge in [-0.3, -0.25) is 0 Å². The van der Waals surface area contributed by atoms with E-state index >= 15 is 0 Å². The van der Waals surface area contributed by atoms with Gasteiger partial charge in [0.15, 0.2) is 0 Å². The summed E-state index contributed by atoms with van der Waals surface area (Å²) < 4.78 is 11.0. The minimum atomic E-state index is -0.607. The average molecular weight is 206 g/mol. The highest BCUT2D eigenvalue weighted by Gasteiger charge is 2.19. The van der Waals surface area contributed by atoms with E-state index < -0.39 is 5.79 Å². The first-order valence-electron chi connectivity index (χ1n) is 4.96. The number of methoxy groups -OCH3 is 1. The molecule has 0 unspecified atom stereocenters. The lowest BCUT2D eigenvalue weighted by Crippen LogP contribution is -2.30. The van der Waals surface area contributed by atoms with Gasteiger partial charge in [-0.25, -0.2) is 0 Å². The second-order valence-electron chi connectivity index (χ2n) is 3.88. The summed E-state index contributed by atoms with van der Waals surface area (Å²) in [5.41, 5.74) is 2.16. The third-order valence-electron chi connectivity index (χ3n) is 2.39. The van der Waals surface area contributed by atoms with Crippen molar-refractivity contribution in [3.8, 4) is 5.75 Å². The molecule has 1 rings (SSSR count). The first-order valence-corrected chi connectivity index (χ1v) is 4.96. The summed E-state index contributed by atoms with van der Waals surface area (Å²) in [5.74, 6) is 0.226. The smallest absolute Gasteiger partial charge is 0.204 e. The number of benzene rings is 1. The van der Waals surface area contributed by atoms with Gasteiger partial charge in [0.25, 0.3) is 0 Å². The van der Waals surface area contributed by atoms with Crippen molar-refractivity contribution in [2.75, 3.05) is 7.11 Å². The van der Waals surface area contributed by atoms with Crippen LogP contribution in [0.2, 0.25) is 0 Å².